The van der Waals surface area contributed by atoms with Crippen molar-refractivity contribution in [1.29, 1.82) is 5.41 Å². The highest BCUT2D eigenvalue weighted by Crippen LogP contribution is 2.25. The Morgan fingerprint density at radius 2 is 2.00 bits per heavy atom. The molecular formula is C17H26N4. The number of nitrogen functional groups attached to an aromatic ring is 1. The molecule has 4 nitrogen and oxygen atoms in total. The minimum Gasteiger partial charge on any atom is -0.384 e. The lowest BCUT2D eigenvalue weighted by molar-refractivity contribution is 0.0111. The molecule has 2 fully saturated rings. The van der Waals surface area contributed by atoms with E-state index in [9.17, 15) is 0 Å². The molecule has 0 aliphatic carbocycles. The van der Waals surface area contributed by atoms with Gasteiger partial charge in [0.2, 0.25) is 0 Å². The summed E-state index contributed by atoms with van der Waals surface area (Å²) in [5.74, 6) is 0.144. The number of rotatable bonds is 3. The van der Waals surface area contributed by atoms with E-state index in [0.29, 0.717) is 6.04 Å². The van der Waals surface area contributed by atoms with Crippen molar-refractivity contribution in [2.24, 2.45) is 5.73 Å². The lowest BCUT2D eigenvalue weighted by Gasteiger charge is -2.47. The molecule has 2 saturated heterocycles. The maximum atomic E-state index is 7.45. The van der Waals surface area contributed by atoms with Crippen LogP contribution in [0.5, 0.6) is 0 Å². The Morgan fingerprint density at radius 3 is 2.71 bits per heavy atom. The topological polar surface area (TPSA) is 56.4 Å². The summed E-state index contributed by atoms with van der Waals surface area (Å²) in [5, 5.41) is 7.45. The molecule has 3 rings (SSSR count). The highest BCUT2D eigenvalue weighted by molar-refractivity contribution is 5.94. The van der Waals surface area contributed by atoms with Gasteiger partial charge in [0.1, 0.15) is 5.84 Å². The van der Waals surface area contributed by atoms with Crippen LogP contribution in [0.15, 0.2) is 24.3 Å². The Balaban J connectivity index is 1.65. The van der Waals surface area contributed by atoms with E-state index in [2.05, 4.69) is 28.9 Å². The molecule has 0 bridgehead atoms. The minimum atomic E-state index is 0.144. The highest BCUT2D eigenvalue weighted by atomic mass is 15.3. The van der Waals surface area contributed by atoms with Gasteiger partial charge in [0.05, 0.1) is 0 Å². The molecule has 2 heterocycles. The molecule has 4 heteroatoms. The van der Waals surface area contributed by atoms with Crippen LogP contribution in [0.25, 0.3) is 0 Å². The van der Waals surface area contributed by atoms with Crippen LogP contribution in [-0.4, -0.2) is 47.4 Å². The normalized spacial score (nSPS) is 27.3. The summed E-state index contributed by atoms with van der Waals surface area (Å²) >= 11 is 0. The highest BCUT2D eigenvalue weighted by Gasteiger charge is 2.32. The number of hydrogen-bond donors (Lipinski definition) is 2. The van der Waals surface area contributed by atoms with E-state index < -0.39 is 0 Å². The predicted octanol–water partition coefficient (Wildman–Crippen LogP) is 2.03. The van der Waals surface area contributed by atoms with Crippen LogP contribution in [0.2, 0.25) is 0 Å². The van der Waals surface area contributed by atoms with Gasteiger partial charge in [-0.3, -0.25) is 15.2 Å². The van der Waals surface area contributed by atoms with Gasteiger partial charge in [0.25, 0.3) is 0 Å². The Hall–Kier alpha value is -1.39. The molecule has 2 aliphatic rings. The summed E-state index contributed by atoms with van der Waals surface area (Å²) in [7, 11) is 0. The lowest BCUT2D eigenvalue weighted by Crippen LogP contribution is -2.58. The molecule has 2 unspecified atom stereocenters. The summed E-state index contributed by atoms with van der Waals surface area (Å²) in [6, 6.07) is 9.50. The van der Waals surface area contributed by atoms with E-state index in [1.54, 1.807) is 0 Å². The molecule has 0 aromatic heterocycles. The van der Waals surface area contributed by atoms with Crippen LogP contribution < -0.4 is 5.73 Å². The number of piperidine rings is 1. The third-order valence-electron chi connectivity index (χ3n) is 4.97. The van der Waals surface area contributed by atoms with Crippen LogP contribution in [0.1, 0.15) is 37.3 Å². The van der Waals surface area contributed by atoms with Crippen LogP contribution in [-0.2, 0) is 6.54 Å². The molecule has 0 saturated carbocycles. The number of nitrogens with zero attached hydrogens (tertiary/aromatic N) is 2. The Kier molecular flexibility index (Phi) is 4.27. The number of piperazine rings is 1. The Morgan fingerprint density at radius 1 is 1.24 bits per heavy atom. The van der Waals surface area contributed by atoms with Crippen LogP contribution in [0.4, 0.5) is 0 Å². The Bertz CT molecular complexity index is 496. The maximum absolute atomic E-state index is 7.45. The van der Waals surface area contributed by atoms with Crippen molar-refractivity contribution in [3.63, 3.8) is 0 Å². The molecular weight excluding hydrogens is 260 g/mol. The zero-order chi connectivity index (χ0) is 14.8. The van der Waals surface area contributed by atoms with Crippen molar-refractivity contribution in [2.45, 2.75) is 44.8 Å². The molecule has 0 amide bonds. The first kappa shape index (κ1) is 14.5. The van der Waals surface area contributed by atoms with Crippen molar-refractivity contribution in [1.82, 2.24) is 9.80 Å². The fourth-order valence-electron chi connectivity index (χ4n) is 3.66. The molecule has 1 aromatic carbocycles. The molecule has 2 atom stereocenters. The van der Waals surface area contributed by atoms with Crippen LogP contribution >= 0.6 is 0 Å². The van der Waals surface area contributed by atoms with Gasteiger partial charge in [-0.15, -0.1) is 0 Å². The molecule has 21 heavy (non-hydrogen) atoms. The molecule has 0 radical (unpaired) electrons. The van der Waals surface area contributed by atoms with Crippen molar-refractivity contribution < 1.29 is 0 Å². The van der Waals surface area contributed by atoms with Gasteiger partial charge in [0, 0.05) is 37.3 Å². The van der Waals surface area contributed by atoms with Gasteiger partial charge in [-0.05, 0) is 31.9 Å². The SMILES string of the molecule is CC1CN2CCCCC2CN1Cc1ccc(C(=N)N)cc1. The largest absolute Gasteiger partial charge is 0.384 e. The number of fused-ring (bicyclic) bond motifs is 1. The summed E-state index contributed by atoms with van der Waals surface area (Å²) in [4.78, 5) is 5.29. The zero-order valence-corrected chi connectivity index (χ0v) is 12.9. The number of nitrogens with two attached hydrogens (primary N) is 1. The summed E-state index contributed by atoms with van der Waals surface area (Å²) in [6.07, 6.45) is 4.11. The number of nitrogens with one attached hydrogen (secondary N) is 1. The number of hydrogen-bond acceptors (Lipinski definition) is 3. The third-order valence-corrected chi connectivity index (χ3v) is 4.97. The summed E-state index contributed by atoms with van der Waals surface area (Å²) in [6.45, 7) is 7.03. The molecule has 0 spiro atoms. The lowest BCUT2D eigenvalue weighted by atomic mass is 9.96. The predicted molar refractivity (Wildman–Crippen MR) is 86.5 cm³/mol. The summed E-state index contributed by atoms with van der Waals surface area (Å²) in [5.41, 5.74) is 7.64. The Labute approximate surface area is 127 Å². The van der Waals surface area contributed by atoms with Gasteiger partial charge in [-0.1, -0.05) is 30.7 Å². The number of amidine groups is 1. The van der Waals surface area contributed by atoms with E-state index >= 15 is 0 Å². The second-order valence-electron chi connectivity index (χ2n) is 6.53. The van der Waals surface area contributed by atoms with E-state index in [1.807, 2.05) is 12.1 Å². The van der Waals surface area contributed by atoms with E-state index in [1.165, 1.54) is 44.5 Å². The van der Waals surface area contributed by atoms with E-state index in [0.717, 1.165) is 18.2 Å². The molecule has 2 aliphatic heterocycles. The first-order chi connectivity index (χ1) is 10.1. The monoisotopic (exact) mass is 286 g/mol. The van der Waals surface area contributed by atoms with Crippen molar-refractivity contribution in [3.05, 3.63) is 35.4 Å². The second kappa shape index (κ2) is 6.16. The quantitative estimate of drug-likeness (QED) is 0.660. The first-order valence-corrected chi connectivity index (χ1v) is 8.05. The standard InChI is InChI=1S/C17H26N4/c1-13-10-20-9-3-2-4-16(20)12-21(13)11-14-5-7-15(8-6-14)17(18)19/h5-8,13,16H,2-4,9-12H2,1H3,(H3,18,19). The number of benzene rings is 1. The van der Waals surface area contributed by atoms with Crippen LogP contribution in [0.3, 0.4) is 0 Å². The zero-order valence-electron chi connectivity index (χ0n) is 12.9. The van der Waals surface area contributed by atoms with Gasteiger partial charge >= 0.3 is 0 Å². The van der Waals surface area contributed by atoms with Gasteiger partial charge in [-0.2, -0.15) is 0 Å². The second-order valence-corrected chi connectivity index (χ2v) is 6.53. The minimum absolute atomic E-state index is 0.144. The van der Waals surface area contributed by atoms with E-state index in [-0.39, 0.29) is 5.84 Å². The van der Waals surface area contributed by atoms with Crippen molar-refractivity contribution in [3.8, 4) is 0 Å². The first-order valence-electron chi connectivity index (χ1n) is 8.05. The fraction of sp³-hybridized carbons (Fsp3) is 0.588. The average Bonchev–Trinajstić information content (AvgIpc) is 2.48. The van der Waals surface area contributed by atoms with Gasteiger partial charge in [0.15, 0.2) is 0 Å². The van der Waals surface area contributed by atoms with E-state index in [4.69, 9.17) is 11.1 Å². The molecule has 3 N–H and O–H groups in total. The molecule has 1 aromatic rings. The summed E-state index contributed by atoms with van der Waals surface area (Å²) < 4.78 is 0. The van der Waals surface area contributed by atoms with Crippen molar-refractivity contribution in [2.75, 3.05) is 19.6 Å². The molecule has 114 valence electrons. The fourth-order valence-corrected chi connectivity index (χ4v) is 3.66. The smallest absolute Gasteiger partial charge is 0.122 e. The van der Waals surface area contributed by atoms with Gasteiger partial charge < -0.3 is 5.73 Å². The maximum Gasteiger partial charge on any atom is 0.122 e. The van der Waals surface area contributed by atoms with Crippen molar-refractivity contribution >= 4 is 5.84 Å². The van der Waals surface area contributed by atoms with Crippen LogP contribution in [0, 0.1) is 5.41 Å². The average molecular weight is 286 g/mol. The third kappa shape index (κ3) is 3.27. The van der Waals surface area contributed by atoms with Gasteiger partial charge in [-0.25, -0.2) is 0 Å².